The van der Waals surface area contributed by atoms with Gasteiger partial charge in [0.05, 0.1) is 34.4 Å². The van der Waals surface area contributed by atoms with Crippen molar-refractivity contribution in [2.45, 2.75) is 37.5 Å². The molecule has 1 N–H and O–H groups in total. The molecule has 3 aromatic rings. The first kappa shape index (κ1) is 18.4. The number of carbonyl (C=O) groups is 1. The van der Waals surface area contributed by atoms with E-state index in [2.05, 4.69) is 26.0 Å². The summed E-state index contributed by atoms with van der Waals surface area (Å²) in [5.41, 5.74) is 3.72. The number of pyridine rings is 1. The molecule has 9 heteroatoms. The van der Waals surface area contributed by atoms with Crippen LogP contribution in [0.4, 0.5) is 10.1 Å². The van der Waals surface area contributed by atoms with E-state index in [1.165, 1.54) is 0 Å². The van der Waals surface area contributed by atoms with Crippen molar-refractivity contribution < 1.29 is 9.18 Å². The van der Waals surface area contributed by atoms with E-state index in [1.807, 2.05) is 24.2 Å². The molecule has 2 bridgehead atoms. The zero-order valence-corrected chi connectivity index (χ0v) is 17.1. The van der Waals surface area contributed by atoms with E-state index in [1.54, 1.807) is 17.1 Å². The molecule has 5 heterocycles. The van der Waals surface area contributed by atoms with Gasteiger partial charge in [0.25, 0.3) is 0 Å². The Kier molecular flexibility index (Phi) is 3.88. The van der Waals surface area contributed by atoms with Crippen LogP contribution in [0, 0.1) is 17.2 Å². The van der Waals surface area contributed by atoms with Gasteiger partial charge in [0.2, 0.25) is 5.91 Å². The van der Waals surface area contributed by atoms with Crippen LogP contribution >= 0.6 is 0 Å². The van der Waals surface area contributed by atoms with Crippen LogP contribution in [-0.4, -0.2) is 61.9 Å². The van der Waals surface area contributed by atoms with Crippen LogP contribution in [0.1, 0.15) is 24.8 Å². The van der Waals surface area contributed by atoms with Gasteiger partial charge in [-0.25, -0.2) is 9.37 Å². The van der Waals surface area contributed by atoms with Crippen LogP contribution in [0.5, 0.6) is 0 Å². The Labute approximate surface area is 178 Å². The first-order chi connectivity index (χ1) is 15.0. The second-order valence-electron chi connectivity index (χ2n) is 8.84. The highest BCUT2D eigenvalue weighted by molar-refractivity contribution is 6.00. The predicted octanol–water partition coefficient (Wildman–Crippen LogP) is 2.37. The third kappa shape index (κ3) is 2.74. The lowest BCUT2D eigenvalue weighted by atomic mass is 10.1. The number of amides is 1. The highest BCUT2D eigenvalue weighted by Gasteiger charge is 2.51. The summed E-state index contributed by atoms with van der Waals surface area (Å²) in [6.45, 7) is 1.37. The lowest BCUT2D eigenvalue weighted by Gasteiger charge is -2.42. The molecule has 4 atom stereocenters. The normalized spacial score (nSPS) is 27.0. The second kappa shape index (κ2) is 6.54. The number of aromatic nitrogens is 4. The summed E-state index contributed by atoms with van der Waals surface area (Å²) in [5, 5.41) is 15.0. The summed E-state index contributed by atoms with van der Waals surface area (Å²) in [7, 11) is 1.84. The van der Waals surface area contributed by atoms with Gasteiger partial charge in [0.1, 0.15) is 17.9 Å². The van der Waals surface area contributed by atoms with Crippen LogP contribution in [-0.2, 0) is 11.8 Å². The average Bonchev–Trinajstić information content (AvgIpc) is 3.07. The van der Waals surface area contributed by atoms with Gasteiger partial charge in [0.15, 0.2) is 0 Å². The van der Waals surface area contributed by atoms with Crippen molar-refractivity contribution in [3.63, 3.8) is 0 Å². The monoisotopic (exact) mass is 419 g/mol. The van der Waals surface area contributed by atoms with Crippen molar-refractivity contribution in [2.75, 3.05) is 18.0 Å². The molecule has 3 aromatic heterocycles. The van der Waals surface area contributed by atoms with Crippen molar-refractivity contribution in [3.8, 4) is 17.3 Å². The number of anilines is 1. The summed E-state index contributed by atoms with van der Waals surface area (Å²) in [5.74, 6) is -0.447. The number of nitrogens with zero attached hydrogens (tertiary/aromatic N) is 6. The second-order valence-corrected chi connectivity index (χ2v) is 8.84. The number of aromatic amines is 1. The number of aryl methyl sites for hydroxylation is 1. The number of alkyl halides is 1. The number of hydrogen-bond donors (Lipinski definition) is 1. The Morgan fingerprint density at radius 2 is 2.06 bits per heavy atom. The van der Waals surface area contributed by atoms with Gasteiger partial charge < -0.3 is 14.8 Å². The molecule has 0 aromatic carbocycles. The number of hydrogen-bond acceptors (Lipinski definition) is 5. The van der Waals surface area contributed by atoms with Gasteiger partial charge in [-0.15, -0.1) is 0 Å². The summed E-state index contributed by atoms with van der Waals surface area (Å²) in [6.07, 6.45) is 6.62. The highest BCUT2D eigenvalue weighted by Crippen LogP contribution is 2.42. The number of halogens is 1. The fraction of sp³-hybridized carbons (Fsp3) is 0.455. The minimum atomic E-state index is -0.964. The zero-order valence-electron chi connectivity index (χ0n) is 17.1. The molecule has 6 rings (SSSR count). The van der Waals surface area contributed by atoms with Gasteiger partial charge >= 0.3 is 0 Å². The van der Waals surface area contributed by atoms with Crippen LogP contribution in [0.25, 0.3) is 22.3 Å². The standard InChI is InChI=1S/C22H22FN7O/c1-28-9-12(8-26-28)20-16(7-24)19-18(4-5-25-21(19)27-20)29-10-13-2-3-14(11-29)30(13)22(31)15-6-17(15)23/h4-5,8-9,13-15,17H,2-3,6,10-11H2,1H3,(H,25,27)/t13?,14?,15-,17-/m1/s1. The van der Waals surface area contributed by atoms with Gasteiger partial charge in [-0.1, -0.05) is 0 Å². The van der Waals surface area contributed by atoms with Crippen molar-refractivity contribution >= 4 is 22.6 Å². The zero-order chi connectivity index (χ0) is 21.3. The van der Waals surface area contributed by atoms with Crippen molar-refractivity contribution in [1.29, 1.82) is 5.26 Å². The minimum absolute atomic E-state index is 0.0160. The fourth-order valence-electron chi connectivity index (χ4n) is 5.31. The Bertz CT molecular complexity index is 1230. The Hall–Kier alpha value is -3.41. The first-order valence-corrected chi connectivity index (χ1v) is 10.7. The molecule has 2 unspecified atom stereocenters. The third-order valence-electron chi connectivity index (χ3n) is 6.88. The largest absolute Gasteiger partial charge is 0.367 e. The molecular formula is C22H22FN7O. The smallest absolute Gasteiger partial charge is 0.229 e. The molecule has 2 saturated heterocycles. The molecule has 1 amide bonds. The molecule has 2 aliphatic heterocycles. The van der Waals surface area contributed by atoms with Gasteiger partial charge in [0, 0.05) is 50.2 Å². The summed E-state index contributed by atoms with van der Waals surface area (Å²) in [6, 6.07) is 4.48. The van der Waals surface area contributed by atoms with Crippen LogP contribution in [0.15, 0.2) is 24.7 Å². The minimum Gasteiger partial charge on any atom is -0.367 e. The molecule has 1 aliphatic carbocycles. The number of nitriles is 1. The highest BCUT2D eigenvalue weighted by atomic mass is 19.1. The van der Waals surface area contributed by atoms with E-state index in [0.717, 1.165) is 29.5 Å². The Morgan fingerprint density at radius 3 is 2.68 bits per heavy atom. The third-order valence-corrected chi connectivity index (χ3v) is 6.88. The first-order valence-electron chi connectivity index (χ1n) is 10.7. The van der Waals surface area contributed by atoms with Crippen molar-refractivity contribution in [3.05, 3.63) is 30.2 Å². The molecule has 3 fully saturated rings. The topological polar surface area (TPSA) is 93.8 Å². The molecule has 158 valence electrons. The maximum atomic E-state index is 13.5. The molecular weight excluding hydrogens is 397 g/mol. The van der Waals surface area contributed by atoms with E-state index in [0.29, 0.717) is 36.4 Å². The van der Waals surface area contributed by atoms with Gasteiger partial charge in [-0.05, 0) is 25.3 Å². The van der Waals surface area contributed by atoms with Crippen molar-refractivity contribution in [1.82, 2.24) is 24.6 Å². The number of carbonyl (C=O) groups excluding carboxylic acids is 1. The number of nitrogens with one attached hydrogen (secondary N) is 1. The van der Waals surface area contributed by atoms with E-state index in [-0.39, 0.29) is 18.0 Å². The average molecular weight is 419 g/mol. The van der Waals surface area contributed by atoms with Gasteiger partial charge in [-0.3, -0.25) is 9.48 Å². The molecule has 3 aliphatic rings. The van der Waals surface area contributed by atoms with Gasteiger partial charge in [-0.2, -0.15) is 10.4 Å². The quantitative estimate of drug-likeness (QED) is 0.704. The SMILES string of the molecule is Cn1cc(-c2[nH]c3nccc(N4CC5CCC(C4)N5C(=O)[C@@H]4C[C@H]4F)c3c2C#N)cn1. The molecule has 31 heavy (non-hydrogen) atoms. The molecule has 0 radical (unpaired) electrons. The van der Waals surface area contributed by atoms with E-state index in [4.69, 9.17) is 0 Å². The number of fused-ring (bicyclic) bond motifs is 3. The fourth-order valence-corrected chi connectivity index (χ4v) is 5.31. The summed E-state index contributed by atoms with van der Waals surface area (Å²) in [4.78, 5) is 24.7. The van der Waals surface area contributed by atoms with Crippen LogP contribution in [0.3, 0.4) is 0 Å². The maximum Gasteiger partial charge on any atom is 0.229 e. The van der Waals surface area contributed by atoms with E-state index >= 15 is 0 Å². The molecule has 1 saturated carbocycles. The van der Waals surface area contributed by atoms with Crippen LogP contribution < -0.4 is 4.90 Å². The molecule has 8 nitrogen and oxygen atoms in total. The number of H-pyrrole nitrogens is 1. The van der Waals surface area contributed by atoms with E-state index in [9.17, 15) is 14.4 Å². The van der Waals surface area contributed by atoms with E-state index < -0.39 is 12.1 Å². The number of piperazine rings is 1. The lowest BCUT2D eigenvalue weighted by molar-refractivity contribution is -0.136. The number of rotatable bonds is 3. The maximum absolute atomic E-state index is 13.5. The lowest BCUT2D eigenvalue weighted by Crippen LogP contribution is -2.56. The molecule has 0 spiro atoms. The summed E-state index contributed by atoms with van der Waals surface area (Å²) < 4.78 is 15.2. The predicted molar refractivity (Wildman–Crippen MR) is 112 cm³/mol. The summed E-state index contributed by atoms with van der Waals surface area (Å²) >= 11 is 0. The van der Waals surface area contributed by atoms with Crippen LogP contribution in [0.2, 0.25) is 0 Å². The Balaban J connectivity index is 1.37. The van der Waals surface area contributed by atoms with Crippen molar-refractivity contribution in [2.24, 2.45) is 13.0 Å². The Morgan fingerprint density at radius 1 is 1.32 bits per heavy atom.